The summed E-state index contributed by atoms with van der Waals surface area (Å²) in [6.45, 7) is 6.65. The Balaban J connectivity index is 1.63. The number of nitrogens with zero attached hydrogens (tertiary/aromatic N) is 2. The highest BCUT2D eigenvalue weighted by Gasteiger charge is 2.43. The number of amides is 1. The summed E-state index contributed by atoms with van der Waals surface area (Å²) < 4.78 is 16.6. The molecule has 2 aromatic rings. The molecular weight excluding hydrogens is 472 g/mol. The normalized spacial score (nSPS) is 18.6. The SMILES string of the molecule is CCOc1ccc(C2C(C(=O)C=Cc3ccccc3)=C(O)C(=O)N2CCCN2CCOCC2)cc1OC. The summed E-state index contributed by atoms with van der Waals surface area (Å²) in [6, 6.07) is 14.0. The van der Waals surface area contributed by atoms with Crippen LogP contribution in [0.4, 0.5) is 0 Å². The van der Waals surface area contributed by atoms with Crippen LogP contribution in [0.3, 0.4) is 0 Å². The van der Waals surface area contributed by atoms with Crippen LogP contribution >= 0.6 is 0 Å². The van der Waals surface area contributed by atoms with Gasteiger partial charge >= 0.3 is 0 Å². The van der Waals surface area contributed by atoms with Crippen LogP contribution in [-0.2, 0) is 14.3 Å². The largest absolute Gasteiger partial charge is 0.503 e. The molecule has 1 N–H and O–H groups in total. The van der Waals surface area contributed by atoms with E-state index in [0.29, 0.717) is 49.8 Å². The number of morpholine rings is 1. The van der Waals surface area contributed by atoms with Crippen LogP contribution < -0.4 is 9.47 Å². The van der Waals surface area contributed by atoms with E-state index in [0.717, 1.165) is 25.2 Å². The monoisotopic (exact) mass is 506 g/mol. The zero-order valence-electron chi connectivity index (χ0n) is 21.4. The number of benzene rings is 2. The van der Waals surface area contributed by atoms with Crippen LogP contribution in [0, 0.1) is 0 Å². The molecule has 0 aliphatic carbocycles. The Kier molecular flexibility index (Phi) is 8.98. The Hall–Kier alpha value is -3.62. The molecule has 2 heterocycles. The molecule has 0 bridgehead atoms. The number of hydrogen-bond donors (Lipinski definition) is 1. The van der Waals surface area contributed by atoms with Gasteiger partial charge < -0.3 is 24.2 Å². The summed E-state index contributed by atoms with van der Waals surface area (Å²) in [5.41, 5.74) is 1.58. The Morgan fingerprint density at radius 1 is 1.11 bits per heavy atom. The van der Waals surface area contributed by atoms with E-state index in [1.165, 1.54) is 6.08 Å². The number of ketones is 1. The highest BCUT2D eigenvalue weighted by molar-refractivity contribution is 6.14. The fourth-order valence-electron chi connectivity index (χ4n) is 4.73. The van der Waals surface area contributed by atoms with Gasteiger partial charge in [0.1, 0.15) is 0 Å². The molecule has 1 amide bonds. The number of carbonyl (C=O) groups excluding carboxylic acids is 2. The third-order valence-corrected chi connectivity index (χ3v) is 6.58. The highest BCUT2D eigenvalue weighted by atomic mass is 16.5. The summed E-state index contributed by atoms with van der Waals surface area (Å²) in [6.07, 6.45) is 3.79. The molecule has 1 atom stereocenters. The van der Waals surface area contributed by atoms with Gasteiger partial charge in [-0.3, -0.25) is 14.5 Å². The Labute approximate surface area is 217 Å². The molecular formula is C29H34N2O6. The van der Waals surface area contributed by atoms with Crippen molar-refractivity contribution in [1.29, 1.82) is 0 Å². The van der Waals surface area contributed by atoms with E-state index >= 15 is 0 Å². The molecule has 1 fully saturated rings. The van der Waals surface area contributed by atoms with Gasteiger partial charge in [0, 0.05) is 26.2 Å². The average molecular weight is 507 g/mol. The van der Waals surface area contributed by atoms with Gasteiger partial charge in [0.15, 0.2) is 23.0 Å². The first-order valence-electron chi connectivity index (χ1n) is 12.7. The first kappa shape index (κ1) is 26.4. The number of aliphatic hydroxyl groups excluding tert-OH is 1. The maximum atomic E-state index is 13.4. The molecule has 8 heteroatoms. The van der Waals surface area contributed by atoms with Crippen molar-refractivity contribution in [3.8, 4) is 11.5 Å². The Morgan fingerprint density at radius 3 is 2.57 bits per heavy atom. The number of carbonyl (C=O) groups is 2. The molecule has 0 saturated carbocycles. The van der Waals surface area contributed by atoms with Crippen LogP contribution in [0.25, 0.3) is 6.08 Å². The summed E-state index contributed by atoms with van der Waals surface area (Å²) in [4.78, 5) is 30.5. The number of ether oxygens (including phenoxy) is 3. The number of allylic oxidation sites excluding steroid dienone is 1. The highest BCUT2D eigenvalue weighted by Crippen LogP contribution is 2.41. The van der Waals surface area contributed by atoms with Gasteiger partial charge in [-0.1, -0.05) is 42.5 Å². The van der Waals surface area contributed by atoms with E-state index in [4.69, 9.17) is 14.2 Å². The molecule has 2 aromatic carbocycles. The van der Waals surface area contributed by atoms with Crippen molar-refractivity contribution in [1.82, 2.24) is 9.80 Å². The van der Waals surface area contributed by atoms with E-state index in [1.807, 2.05) is 43.3 Å². The molecule has 4 rings (SSSR count). The number of hydrogen-bond acceptors (Lipinski definition) is 7. The molecule has 0 spiro atoms. The zero-order chi connectivity index (χ0) is 26.2. The summed E-state index contributed by atoms with van der Waals surface area (Å²) in [5.74, 6) is -0.397. The lowest BCUT2D eigenvalue weighted by Gasteiger charge is -2.30. The number of methoxy groups -OCH3 is 1. The van der Waals surface area contributed by atoms with Crippen LogP contribution in [0.15, 0.2) is 65.9 Å². The standard InChI is InChI=1S/C29H34N2O6/c1-3-37-24-13-11-22(20-25(24)35-2)27-26(23(32)12-10-21-8-5-4-6-9-21)28(33)29(34)31(27)15-7-14-30-16-18-36-19-17-30/h4-6,8-13,20,27,33H,3,7,14-19H2,1-2H3. The lowest BCUT2D eigenvalue weighted by atomic mass is 9.95. The molecule has 0 aromatic heterocycles. The Morgan fingerprint density at radius 2 is 1.86 bits per heavy atom. The van der Waals surface area contributed by atoms with Crippen molar-refractivity contribution in [3.05, 3.63) is 77.1 Å². The lowest BCUT2D eigenvalue weighted by molar-refractivity contribution is -0.129. The average Bonchev–Trinajstić information content (AvgIpc) is 3.18. The van der Waals surface area contributed by atoms with Gasteiger partial charge in [-0.2, -0.15) is 0 Å². The van der Waals surface area contributed by atoms with Gasteiger partial charge in [0.2, 0.25) is 0 Å². The van der Waals surface area contributed by atoms with Crippen molar-refractivity contribution in [2.24, 2.45) is 0 Å². The van der Waals surface area contributed by atoms with Crippen LogP contribution in [0.2, 0.25) is 0 Å². The fourth-order valence-corrected chi connectivity index (χ4v) is 4.73. The number of rotatable bonds is 11. The second kappa shape index (κ2) is 12.6. The molecule has 1 saturated heterocycles. The molecule has 0 radical (unpaired) electrons. The second-order valence-electron chi connectivity index (χ2n) is 8.92. The molecule has 8 nitrogen and oxygen atoms in total. The smallest absolute Gasteiger partial charge is 0.290 e. The van der Waals surface area contributed by atoms with Crippen molar-refractivity contribution < 1.29 is 28.9 Å². The van der Waals surface area contributed by atoms with E-state index in [-0.39, 0.29) is 5.57 Å². The first-order valence-corrected chi connectivity index (χ1v) is 12.7. The molecule has 1 unspecified atom stereocenters. The van der Waals surface area contributed by atoms with Gasteiger partial charge in [0.05, 0.1) is 38.5 Å². The lowest BCUT2D eigenvalue weighted by Crippen LogP contribution is -2.39. The van der Waals surface area contributed by atoms with Crippen molar-refractivity contribution in [2.45, 2.75) is 19.4 Å². The van der Waals surface area contributed by atoms with E-state index in [9.17, 15) is 14.7 Å². The maximum absolute atomic E-state index is 13.4. The topological polar surface area (TPSA) is 88.5 Å². The molecule has 2 aliphatic heterocycles. The molecule has 37 heavy (non-hydrogen) atoms. The van der Waals surface area contributed by atoms with Crippen LogP contribution in [0.1, 0.15) is 30.5 Å². The second-order valence-corrected chi connectivity index (χ2v) is 8.92. The fraction of sp³-hybridized carbons (Fsp3) is 0.379. The van der Waals surface area contributed by atoms with Gasteiger partial charge in [-0.15, -0.1) is 0 Å². The minimum Gasteiger partial charge on any atom is -0.503 e. The van der Waals surface area contributed by atoms with Gasteiger partial charge in [-0.25, -0.2) is 0 Å². The predicted molar refractivity (Wildman–Crippen MR) is 141 cm³/mol. The summed E-state index contributed by atoms with van der Waals surface area (Å²) in [5, 5.41) is 10.9. The first-order chi connectivity index (χ1) is 18.0. The Bertz CT molecular complexity index is 1150. The van der Waals surface area contributed by atoms with Gasteiger partial charge in [0.25, 0.3) is 5.91 Å². The third kappa shape index (κ3) is 6.21. The van der Waals surface area contributed by atoms with Crippen LogP contribution in [-0.4, -0.2) is 79.7 Å². The van der Waals surface area contributed by atoms with Crippen molar-refractivity contribution in [2.75, 3.05) is 53.1 Å². The van der Waals surface area contributed by atoms with Gasteiger partial charge in [-0.05, 0) is 42.7 Å². The minimum atomic E-state index is -0.741. The maximum Gasteiger partial charge on any atom is 0.290 e. The van der Waals surface area contributed by atoms with E-state index in [2.05, 4.69) is 4.90 Å². The van der Waals surface area contributed by atoms with Crippen molar-refractivity contribution >= 4 is 17.8 Å². The van der Waals surface area contributed by atoms with E-state index < -0.39 is 23.5 Å². The summed E-state index contributed by atoms with van der Waals surface area (Å²) in [7, 11) is 1.55. The third-order valence-electron chi connectivity index (χ3n) is 6.58. The molecule has 2 aliphatic rings. The number of aliphatic hydroxyl groups is 1. The van der Waals surface area contributed by atoms with Crippen LogP contribution in [0.5, 0.6) is 11.5 Å². The molecule has 196 valence electrons. The predicted octanol–water partition coefficient (Wildman–Crippen LogP) is 3.79. The van der Waals surface area contributed by atoms with Crippen molar-refractivity contribution in [3.63, 3.8) is 0 Å². The quantitative estimate of drug-likeness (QED) is 0.464. The minimum absolute atomic E-state index is 0.0646. The zero-order valence-corrected chi connectivity index (χ0v) is 21.4. The summed E-state index contributed by atoms with van der Waals surface area (Å²) >= 11 is 0. The van der Waals surface area contributed by atoms with E-state index in [1.54, 1.807) is 30.2 Å².